The summed E-state index contributed by atoms with van der Waals surface area (Å²) in [7, 11) is 0. The van der Waals surface area contributed by atoms with Crippen LogP contribution < -0.4 is 5.32 Å². The lowest BCUT2D eigenvalue weighted by molar-refractivity contribution is -0.136. The van der Waals surface area contributed by atoms with Gasteiger partial charge in [0.25, 0.3) is 11.8 Å². The number of benzene rings is 1. The van der Waals surface area contributed by atoms with E-state index in [0.29, 0.717) is 11.1 Å². The number of nitrogens with one attached hydrogen (secondary N) is 1. The molecule has 2 aliphatic heterocycles. The minimum absolute atomic E-state index is 0.128. The monoisotopic (exact) mass is 302 g/mol. The predicted octanol–water partition coefficient (Wildman–Crippen LogP) is 1.42. The number of piperidine rings is 1. The summed E-state index contributed by atoms with van der Waals surface area (Å²) in [4.78, 5) is 48.5. The van der Waals surface area contributed by atoms with Crippen molar-refractivity contribution >= 4 is 23.6 Å². The Morgan fingerprint density at radius 1 is 1.05 bits per heavy atom. The average Bonchev–Trinajstić information content (AvgIpc) is 2.73. The van der Waals surface area contributed by atoms with Crippen LogP contribution in [-0.2, 0) is 9.59 Å². The maximum absolute atomic E-state index is 12.3. The highest BCUT2D eigenvalue weighted by atomic mass is 16.2. The van der Waals surface area contributed by atoms with Gasteiger partial charge in [0.1, 0.15) is 6.04 Å². The van der Waals surface area contributed by atoms with E-state index in [2.05, 4.69) is 5.32 Å². The summed E-state index contributed by atoms with van der Waals surface area (Å²) >= 11 is 0. The lowest BCUT2D eigenvalue weighted by Crippen LogP contribution is -2.54. The van der Waals surface area contributed by atoms with Crippen molar-refractivity contribution in [2.24, 2.45) is 0 Å². The molecule has 1 fully saturated rings. The zero-order valence-electron chi connectivity index (χ0n) is 12.8. The van der Waals surface area contributed by atoms with Crippen LogP contribution in [0.1, 0.15) is 53.0 Å². The molecule has 1 saturated heterocycles. The molecule has 0 saturated carbocycles. The summed E-state index contributed by atoms with van der Waals surface area (Å²) in [5, 5.41) is 2.16. The minimum atomic E-state index is -0.902. The first kappa shape index (κ1) is 15.9. The van der Waals surface area contributed by atoms with Crippen LogP contribution in [0.5, 0.6) is 0 Å². The molecule has 0 spiro atoms. The minimum Gasteiger partial charge on any atom is -0.295 e. The number of hydrogen-bond donors (Lipinski definition) is 1. The van der Waals surface area contributed by atoms with Crippen molar-refractivity contribution in [2.45, 2.75) is 39.7 Å². The topological polar surface area (TPSA) is 83.6 Å². The largest absolute Gasteiger partial charge is 0.295 e. The number of aryl methyl sites for hydroxylation is 1. The Balaban J connectivity index is 0.000000847. The highest BCUT2D eigenvalue weighted by molar-refractivity contribution is 6.23. The molecule has 0 aliphatic carbocycles. The highest BCUT2D eigenvalue weighted by Crippen LogP contribution is 2.27. The Labute approximate surface area is 128 Å². The third-order valence-electron chi connectivity index (χ3n) is 3.60. The van der Waals surface area contributed by atoms with E-state index in [1.165, 1.54) is 0 Å². The molecule has 6 heteroatoms. The Morgan fingerprint density at radius 3 is 2.32 bits per heavy atom. The van der Waals surface area contributed by atoms with Gasteiger partial charge in [-0.2, -0.15) is 0 Å². The number of carbonyl (C=O) groups is 4. The zero-order valence-corrected chi connectivity index (χ0v) is 12.8. The Kier molecular flexibility index (Phi) is 4.40. The number of amides is 4. The molecule has 1 aromatic carbocycles. The van der Waals surface area contributed by atoms with Crippen LogP contribution >= 0.6 is 0 Å². The lowest BCUT2D eigenvalue weighted by atomic mass is 10.0. The molecule has 22 heavy (non-hydrogen) atoms. The first-order valence-electron chi connectivity index (χ1n) is 7.31. The van der Waals surface area contributed by atoms with E-state index < -0.39 is 23.8 Å². The van der Waals surface area contributed by atoms with Crippen LogP contribution in [0.15, 0.2) is 18.2 Å². The van der Waals surface area contributed by atoms with E-state index in [1.807, 2.05) is 20.8 Å². The molecule has 0 aromatic heterocycles. The van der Waals surface area contributed by atoms with E-state index in [4.69, 9.17) is 0 Å². The summed E-state index contributed by atoms with van der Waals surface area (Å²) in [5.74, 6) is -1.91. The van der Waals surface area contributed by atoms with Gasteiger partial charge in [0.05, 0.1) is 11.1 Å². The summed E-state index contributed by atoms with van der Waals surface area (Å²) in [6.45, 7) is 5.83. The van der Waals surface area contributed by atoms with Gasteiger partial charge < -0.3 is 0 Å². The van der Waals surface area contributed by atoms with E-state index in [1.54, 1.807) is 18.2 Å². The maximum atomic E-state index is 12.3. The SMILES string of the molecule is CC.Cc1ccc2c(c1)C(=O)N(C1CCC(=O)NC1=O)C2=O. The fraction of sp³-hybridized carbons (Fsp3) is 0.375. The van der Waals surface area contributed by atoms with E-state index >= 15 is 0 Å². The Bertz CT molecular complexity index is 666. The first-order valence-corrected chi connectivity index (χ1v) is 7.31. The van der Waals surface area contributed by atoms with Crippen LogP contribution in [0.25, 0.3) is 0 Å². The first-order chi connectivity index (χ1) is 10.5. The van der Waals surface area contributed by atoms with Gasteiger partial charge in [-0.15, -0.1) is 0 Å². The van der Waals surface area contributed by atoms with Gasteiger partial charge in [-0.3, -0.25) is 29.4 Å². The smallest absolute Gasteiger partial charge is 0.262 e. The molecule has 0 radical (unpaired) electrons. The Hall–Kier alpha value is -2.50. The van der Waals surface area contributed by atoms with Crippen molar-refractivity contribution in [3.8, 4) is 0 Å². The molecule has 1 N–H and O–H groups in total. The summed E-state index contributed by atoms with van der Waals surface area (Å²) < 4.78 is 0. The second-order valence-corrected chi connectivity index (χ2v) is 5.00. The molecular formula is C16H18N2O4. The van der Waals surface area contributed by atoms with Gasteiger partial charge >= 0.3 is 0 Å². The molecule has 6 nitrogen and oxygen atoms in total. The number of carbonyl (C=O) groups excluding carboxylic acids is 4. The molecule has 2 heterocycles. The normalized spacial score (nSPS) is 20.3. The van der Waals surface area contributed by atoms with Crippen molar-refractivity contribution in [3.05, 3.63) is 34.9 Å². The average molecular weight is 302 g/mol. The number of rotatable bonds is 1. The van der Waals surface area contributed by atoms with Crippen molar-refractivity contribution < 1.29 is 19.2 Å². The Morgan fingerprint density at radius 2 is 1.68 bits per heavy atom. The van der Waals surface area contributed by atoms with Crippen LogP contribution in [0.2, 0.25) is 0 Å². The standard InChI is InChI=1S/C14H12N2O4.C2H6/c1-7-2-3-8-9(6-7)14(20)16(13(8)19)10-4-5-11(17)15-12(10)18;1-2/h2-3,6,10H,4-5H2,1H3,(H,15,17,18);1-2H3. The number of hydrogen-bond acceptors (Lipinski definition) is 4. The highest BCUT2D eigenvalue weighted by Gasteiger charge is 2.44. The molecule has 3 rings (SSSR count). The third kappa shape index (κ3) is 2.52. The summed E-state index contributed by atoms with van der Waals surface area (Å²) in [6.07, 6.45) is 0.304. The summed E-state index contributed by atoms with van der Waals surface area (Å²) in [5.41, 5.74) is 1.50. The molecule has 2 aliphatic rings. The number of fused-ring (bicyclic) bond motifs is 1. The molecular weight excluding hydrogens is 284 g/mol. The van der Waals surface area contributed by atoms with Gasteiger partial charge in [0.15, 0.2) is 0 Å². The second-order valence-electron chi connectivity index (χ2n) is 5.00. The number of imide groups is 2. The lowest BCUT2D eigenvalue weighted by Gasteiger charge is -2.27. The molecule has 4 amide bonds. The molecule has 1 aromatic rings. The van der Waals surface area contributed by atoms with Crippen molar-refractivity contribution in [2.75, 3.05) is 0 Å². The van der Waals surface area contributed by atoms with Gasteiger partial charge in [-0.25, -0.2) is 0 Å². The fourth-order valence-electron chi connectivity index (χ4n) is 2.58. The van der Waals surface area contributed by atoms with Gasteiger partial charge in [0.2, 0.25) is 11.8 Å². The van der Waals surface area contributed by atoms with Gasteiger partial charge in [-0.05, 0) is 25.5 Å². The molecule has 116 valence electrons. The van der Waals surface area contributed by atoms with Gasteiger partial charge in [0, 0.05) is 6.42 Å². The molecule has 1 atom stereocenters. The van der Waals surface area contributed by atoms with E-state index in [-0.39, 0.29) is 18.7 Å². The second kappa shape index (κ2) is 6.09. The van der Waals surface area contributed by atoms with Crippen LogP contribution in [-0.4, -0.2) is 34.6 Å². The van der Waals surface area contributed by atoms with Crippen molar-refractivity contribution in [1.29, 1.82) is 0 Å². The molecule has 0 bridgehead atoms. The van der Waals surface area contributed by atoms with Crippen LogP contribution in [0, 0.1) is 6.92 Å². The third-order valence-corrected chi connectivity index (χ3v) is 3.60. The van der Waals surface area contributed by atoms with E-state index in [0.717, 1.165) is 10.5 Å². The predicted molar refractivity (Wildman–Crippen MR) is 79.2 cm³/mol. The molecule has 1 unspecified atom stereocenters. The quantitative estimate of drug-likeness (QED) is 0.795. The fourth-order valence-corrected chi connectivity index (χ4v) is 2.58. The van der Waals surface area contributed by atoms with E-state index in [9.17, 15) is 19.2 Å². The number of nitrogens with zero attached hydrogens (tertiary/aromatic N) is 1. The van der Waals surface area contributed by atoms with Crippen molar-refractivity contribution in [3.63, 3.8) is 0 Å². The van der Waals surface area contributed by atoms with Crippen LogP contribution in [0.4, 0.5) is 0 Å². The maximum Gasteiger partial charge on any atom is 0.262 e. The van der Waals surface area contributed by atoms with Gasteiger partial charge in [-0.1, -0.05) is 25.5 Å². The zero-order chi connectivity index (χ0) is 16.4. The van der Waals surface area contributed by atoms with Crippen LogP contribution in [0.3, 0.4) is 0 Å². The summed E-state index contributed by atoms with van der Waals surface area (Å²) in [6, 6.07) is 4.08. The van der Waals surface area contributed by atoms with Crippen molar-refractivity contribution in [1.82, 2.24) is 10.2 Å².